The van der Waals surface area contributed by atoms with E-state index < -0.39 is 0 Å². The van der Waals surface area contributed by atoms with E-state index in [0.717, 1.165) is 12.1 Å². The predicted molar refractivity (Wildman–Crippen MR) is 62.3 cm³/mol. The molecule has 0 aromatic heterocycles. The molecule has 1 aliphatic carbocycles. The molecule has 0 saturated heterocycles. The first kappa shape index (κ1) is 10.2. The minimum atomic E-state index is 0.644. The van der Waals surface area contributed by atoms with Crippen LogP contribution in [-0.2, 0) is 11.3 Å². The Balaban J connectivity index is 2.34. The van der Waals surface area contributed by atoms with E-state index in [2.05, 4.69) is 30.3 Å². The lowest BCUT2D eigenvalue weighted by Crippen LogP contribution is -2.12. The molecule has 1 aromatic carbocycles. The summed E-state index contributed by atoms with van der Waals surface area (Å²) in [5.74, 6) is 0. The maximum atomic E-state index is 5.15. The van der Waals surface area contributed by atoms with E-state index in [0.29, 0.717) is 6.61 Å². The zero-order chi connectivity index (χ0) is 10.7. The normalized spacial score (nSPS) is 17.6. The second kappa shape index (κ2) is 4.47. The molecular weight excluding hydrogens is 186 g/mol. The second-order valence-electron chi connectivity index (χ2n) is 3.97. The van der Waals surface area contributed by atoms with Crippen LogP contribution in [0.3, 0.4) is 0 Å². The van der Waals surface area contributed by atoms with Gasteiger partial charge in [0, 0.05) is 5.56 Å². The lowest BCUT2D eigenvalue weighted by Gasteiger charge is -2.17. The van der Waals surface area contributed by atoms with Crippen LogP contribution in [0.25, 0.3) is 0 Å². The second-order valence-corrected chi connectivity index (χ2v) is 3.97. The van der Waals surface area contributed by atoms with E-state index in [4.69, 9.17) is 4.84 Å². The molecule has 2 rings (SSSR count). The average molecular weight is 203 g/mol. The van der Waals surface area contributed by atoms with Crippen LogP contribution in [0.15, 0.2) is 23.4 Å². The highest BCUT2D eigenvalue weighted by Gasteiger charge is 2.15. The van der Waals surface area contributed by atoms with Gasteiger partial charge in [0.2, 0.25) is 0 Å². The molecule has 2 nitrogen and oxygen atoms in total. The van der Waals surface area contributed by atoms with Gasteiger partial charge in [0.1, 0.15) is 6.61 Å². The Kier molecular flexibility index (Phi) is 3.05. The number of benzene rings is 1. The van der Waals surface area contributed by atoms with E-state index in [1.54, 1.807) is 0 Å². The zero-order valence-corrected chi connectivity index (χ0v) is 9.42. The predicted octanol–water partition coefficient (Wildman–Crippen LogP) is 3.07. The molecule has 0 N–H and O–H groups in total. The standard InChI is InChI=1S/C13H17NO/c1-3-15-14-13-6-4-5-11-9-10(2)7-8-12(11)13/h7-9H,3-6H2,1-2H3/b14-13+. The molecule has 0 bridgehead atoms. The van der Waals surface area contributed by atoms with Crippen molar-refractivity contribution in [1.29, 1.82) is 0 Å². The maximum Gasteiger partial charge on any atom is 0.114 e. The number of fused-ring (bicyclic) bond motifs is 1. The Hall–Kier alpha value is -1.31. The molecule has 0 fully saturated rings. The number of oxime groups is 1. The Bertz CT molecular complexity index is 382. The molecule has 0 atom stereocenters. The summed E-state index contributed by atoms with van der Waals surface area (Å²) < 4.78 is 0. The summed E-state index contributed by atoms with van der Waals surface area (Å²) in [6, 6.07) is 6.57. The molecule has 80 valence electrons. The Morgan fingerprint density at radius 1 is 1.33 bits per heavy atom. The van der Waals surface area contributed by atoms with Crippen LogP contribution in [0.2, 0.25) is 0 Å². The third-order valence-corrected chi connectivity index (χ3v) is 2.74. The Labute approximate surface area is 90.9 Å². The van der Waals surface area contributed by atoms with Gasteiger partial charge in [-0.25, -0.2) is 0 Å². The van der Waals surface area contributed by atoms with Crippen molar-refractivity contribution in [3.05, 3.63) is 34.9 Å². The first-order valence-electron chi connectivity index (χ1n) is 5.60. The summed E-state index contributed by atoms with van der Waals surface area (Å²) in [7, 11) is 0. The summed E-state index contributed by atoms with van der Waals surface area (Å²) in [6.07, 6.45) is 3.39. The first-order chi connectivity index (χ1) is 7.31. The summed E-state index contributed by atoms with van der Waals surface area (Å²) in [5, 5.41) is 4.19. The number of nitrogens with zero attached hydrogens (tertiary/aromatic N) is 1. The highest BCUT2D eigenvalue weighted by Crippen LogP contribution is 2.22. The average Bonchev–Trinajstić information content (AvgIpc) is 2.25. The van der Waals surface area contributed by atoms with Crippen LogP contribution in [0, 0.1) is 6.92 Å². The minimum Gasteiger partial charge on any atom is -0.396 e. The number of hydrogen-bond acceptors (Lipinski definition) is 2. The molecular formula is C13H17NO. The molecule has 0 spiro atoms. The fourth-order valence-electron chi connectivity index (χ4n) is 2.03. The van der Waals surface area contributed by atoms with Crippen LogP contribution in [0.1, 0.15) is 36.5 Å². The highest BCUT2D eigenvalue weighted by molar-refractivity contribution is 6.02. The van der Waals surface area contributed by atoms with E-state index in [-0.39, 0.29) is 0 Å². The van der Waals surface area contributed by atoms with Crippen molar-refractivity contribution in [1.82, 2.24) is 0 Å². The van der Waals surface area contributed by atoms with Gasteiger partial charge in [-0.05, 0) is 38.7 Å². The van der Waals surface area contributed by atoms with E-state index in [1.807, 2.05) is 6.92 Å². The van der Waals surface area contributed by atoms with Gasteiger partial charge in [-0.1, -0.05) is 28.9 Å². The van der Waals surface area contributed by atoms with Crippen molar-refractivity contribution in [3.63, 3.8) is 0 Å². The van der Waals surface area contributed by atoms with Crippen molar-refractivity contribution >= 4 is 5.71 Å². The van der Waals surface area contributed by atoms with Gasteiger partial charge in [-0.15, -0.1) is 0 Å². The van der Waals surface area contributed by atoms with Crippen molar-refractivity contribution in [2.75, 3.05) is 6.61 Å². The van der Waals surface area contributed by atoms with Crippen molar-refractivity contribution < 1.29 is 4.84 Å². The summed E-state index contributed by atoms with van der Waals surface area (Å²) >= 11 is 0. The topological polar surface area (TPSA) is 21.6 Å². The molecule has 15 heavy (non-hydrogen) atoms. The molecule has 0 unspecified atom stereocenters. The van der Waals surface area contributed by atoms with Crippen LogP contribution in [0.5, 0.6) is 0 Å². The molecule has 1 aliphatic rings. The summed E-state index contributed by atoms with van der Waals surface area (Å²) in [5.41, 5.74) is 5.13. The van der Waals surface area contributed by atoms with Crippen molar-refractivity contribution in [2.24, 2.45) is 5.16 Å². The largest absolute Gasteiger partial charge is 0.396 e. The highest BCUT2D eigenvalue weighted by atomic mass is 16.6. The number of rotatable bonds is 2. The van der Waals surface area contributed by atoms with Gasteiger partial charge < -0.3 is 4.84 Å². The summed E-state index contributed by atoms with van der Waals surface area (Å²) in [6.45, 7) is 4.74. The van der Waals surface area contributed by atoms with Crippen LogP contribution in [0.4, 0.5) is 0 Å². The Morgan fingerprint density at radius 2 is 2.20 bits per heavy atom. The Morgan fingerprint density at radius 3 is 3.00 bits per heavy atom. The minimum absolute atomic E-state index is 0.644. The van der Waals surface area contributed by atoms with Gasteiger partial charge in [-0.3, -0.25) is 0 Å². The lowest BCUT2D eigenvalue weighted by molar-refractivity contribution is 0.158. The van der Waals surface area contributed by atoms with Gasteiger partial charge in [-0.2, -0.15) is 0 Å². The summed E-state index contributed by atoms with van der Waals surface area (Å²) in [4.78, 5) is 5.15. The van der Waals surface area contributed by atoms with Gasteiger partial charge in [0.05, 0.1) is 5.71 Å². The zero-order valence-electron chi connectivity index (χ0n) is 9.42. The number of aryl methyl sites for hydroxylation is 2. The van der Waals surface area contributed by atoms with E-state index in [9.17, 15) is 0 Å². The number of hydrogen-bond donors (Lipinski definition) is 0. The quantitative estimate of drug-likeness (QED) is 0.677. The molecule has 0 aliphatic heterocycles. The maximum absolute atomic E-state index is 5.15. The van der Waals surface area contributed by atoms with Crippen molar-refractivity contribution in [3.8, 4) is 0 Å². The first-order valence-corrected chi connectivity index (χ1v) is 5.60. The SMILES string of the molecule is CCO/N=C1\CCCc2cc(C)ccc21. The molecule has 0 radical (unpaired) electrons. The molecule has 0 heterocycles. The van der Waals surface area contributed by atoms with Crippen LogP contribution < -0.4 is 0 Å². The molecule has 2 heteroatoms. The van der Waals surface area contributed by atoms with Crippen molar-refractivity contribution in [2.45, 2.75) is 33.1 Å². The molecule has 1 aromatic rings. The third-order valence-electron chi connectivity index (χ3n) is 2.74. The fourth-order valence-corrected chi connectivity index (χ4v) is 2.03. The smallest absolute Gasteiger partial charge is 0.114 e. The third kappa shape index (κ3) is 2.20. The molecule has 0 saturated carbocycles. The van der Waals surface area contributed by atoms with Gasteiger partial charge in [0.25, 0.3) is 0 Å². The van der Waals surface area contributed by atoms with Gasteiger partial charge >= 0.3 is 0 Å². The van der Waals surface area contributed by atoms with E-state index >= 15 is 0 Å². The monoisotopic (exact) mass is 203 g/mol. The fraction of sp³-hybridized carbons (Fsp3) is 0.462. The van der Waals surface area contributed by atoms with Gasteiger partial charge in [0.15, 0.2) is 0 Å². The van der Waals surface area contributed by atoms with Crippen LogP contribution >= 0.6 is 0 Å². The molecule has 0 amide bonds. The lowest BCUT2D eigenvalue weighted by atomic mass is 9.89. The van der Waals surface area contributed by atoms with Crippen LogP contribution in [-0.4, -0.2) is 12.3 Å². The van der Waals surface area contributed by atoms with E-state index in [1.165, 1.54) is 29.5 Å².